The number of nitrogens with one attached hydrogen (secondary N) is 1. The van der Waals surface area contributed by atoms with Gasteiger partial charge in [-0.1, -0.05) is 35.6 Å². The fraction of sp³-hybridized carbons (Fsp3) is 0.227. The van der Waals surface area contributed by atoms with Crippen molar-refractivity contribution in [3.05, 3.63) is 74.1 Å². The second-order valence-electron chi connectivity index (χ2n) is 7.56. The van der Waals surface area contributed by atoms with Crippen LogP contribution in [0.15, 0.2) is 47.3 Å². The number of hydrogen-bond acceptors (Lipinski definition) is 3. The average molecular weight is 360 g/mol. The van der Waals surface area contributed by atoms with Gasteiger partial charge < -0.3 is 4.98 Å². The Morgan fingerprint density at radius 2 is 1.70 bits per heavy atom. The van der Waals surface area contributed by atoms with E-state index in [2.05, 4.69) is 16.8 Å². The quantitative estimate of drug-likeness (QED) is 0.405. The SMILES string of the molecule is Cc1ccc2c([N+](=O)[O-])c(-c3ccc(C#CC(C)(C)C)cc3)[nH]c(=O)c2c1. The summed E-state index contributed by atoms with van der Waals surface area (Å²) >= 11 is 0. The van der Waals surface area contributed by atoms with Gasteiger partial charge in [-0.05, 0) is 52.0 Å². The van der Waals surface area contributed by atoms with Crippen molar-refractivity contribution < 1.29 is 4.92 Å². The number of rotatable bonds is 2. The molecule has 1 aromatic heterocycles. The molecule has 0 atom stereocenters. The number of hydrogen-bond donors (Lipinski definition) is 1. The molecule has 5 heteroatoms. The average Bonchev–Trinajstić information content (AvgIpc) is 2.60. The molecule has 0 radical (unpaired) electrons. The molecule has 3 rings (SSSR count). The van der Waals surface area contributed by atoms with Gasteiger partial charge >= 0.3 is 5.69 Å². The van der Waals surface area contributed by atoms with Crippen molar-refractivity contribution in [2.24, 2.45) is 5.41 Å². The molecule has 2 aromatic carbocycles. The molecule has 5 nitrogen and oxygen atoms in total. The monoisotopic (exact) mass is 360 g/mol. The zero-order valence-corrected chi connectivity index (χ0v) is 15.7. The molecule has 0 saturated carbocycles. The van der Waals surface area contributed by atoms with Crippen LogP contribution in [-0.4, -0.2) is 9.91 Å². The van der Waals surface area contributed by atoms with Crippen LogP contribution >= 0.6 is 0 Å². The lowest BCUT2D eigenvalue weighted by Crippen LogP contribution is -2.10. The maximum atomic E-state index is 12.5. The summed E-state index contributed by atoms with van der Waals surface area (Å²) in [5.74, 6) is 6.24. The van der Waals surface area contributed by atoms with Crippen LogP contribution in [0.25, 0.3) is 22.0 Å². The molecule has 0 aliphatic rings. The largest absolute Gasteiger partial charge is 0.316 e. The first-order chi connectivity index (χ1) is 12.7. The Morgan fingerprint density at radius 1 is 1.04 bits per heavy atom. The highest BCUT2D eigenvalue weighted by atomic mass is 16.6. The van der Waals surface area contributed by atoms with Crippen LogP contribution < -0.4 is 5.56 Å². The third-order valence-corrected chi connectivity index (χ3v) is 4.09. The molecule has 0 fully saturated rings. The molecule has 3 aromatic rings. The summed E-state index contributed by atoms with van der Waals surface area (Å²) in [6.45, 7) is 7.92. The van der Waals surface area contributed by atoms with Gasteiger partial charge in [-0.3, -0.25) is 14.9 Å². The summed E-state index contributed by atoms with van der Waals surface area (Å²) < 4.78 is 0. The van der Waals surface area contributed by atoms with Crippen LogP contribution in [0.5, 0.6) is 0 Å². The van der Waals surface area contributed by atoms with Crippen molar-refractivity contribution in [3.8, 4) is 23.1 Å². The standard InChI is InChI=1S/C22H20N2O3/c1-14-5-10-17-18(13-14)21(25)23-19(20(17)24(26)27)16-8-6-15(7-9-16)11-12-22(2,3)4/h5-10,13H,1-4H3,(H,23,25). The predicted molar refractivity (Wildman–Crippen MR) is 108 cm³/mol. The van der Waals surface area contributed by atoms with E-state index in [1.54, 1.807) is 42.5 Å². The van der Waals surface area contributed by atoms with Gasteiger partial charge in [0, 0.05) is 16.5 Å². The summed E-state index contributed by atoms with van der Waals surface area (Å²) in [7, 11) is 0. The van der Waals surface area contributed by atoms with Crippen molar-refractivity contribution >= 4 is 16.5 Å². The van der Waals surface area contributed by atoms with Crippen molar-refractivity contribution in [2.75, 3.05) is 0 Å². The van der Waals surface area contributed by atoms with Gasteiger partial charge in [-0.2, -0.15) is 0 Å². The van der Waals surface area contributed by atoms with E-state index in [9.17, 15) is 14.9 Å². The summed E-state index contributed by atoms with van der Waals surface area (Å²) in [4.78, 5) is 26.5. The molecule has 1 heterocycles. The number of nitrogens with zero attached hydrogens (tertiary/aromatic N) is 1. The number of aromatic amines is 1. The van der Waals surface area contributed by atoms with E-state index in [-0.39, 0.29) is 22.4 Å². The molecule has 0 amide bonds. The van der Waals surface area contributed by atoms with Gasteiger partial charge in [-0.15, -0.1) is 0 Å². The van der Waals surface area contributed by atoms with Crippen LogP contribution in [0.3, 0.4) is 0 Å². The minimum atomic E-state index is -0.448. The van der Waals surface area contributed by atoms with E-state index < -0.39 is 4.92 Å². The van der Waals surface area contributed by atoms with Crippen molar-refractivity contribution in [1.82, 2.24) is 4.98 Å². The Hall–Kier alpha value is -3.39. The minimum absolute atomic E-state index is 0.0990. The number of benzene rings is 2. The Kier molecular flexibility index (Phi) is 4.59. The van der Waals surface area contributed by atoms with Gasteiger partial charge in [0.05, 0.1) is 15.7 Å². The molecule has 27 heavy (non-hydrogen) atoms. The highest BCUT2D eigenvalue weighted by Crippen LogP contribution is 2.33. The number of nitro groups is 1. The maximum Gasteiger partial charge on any atom is 0.301 e. The van der Waals surface area contributed by atoms with Crippen molar-refractivity contribution in [2.45, 2.75) is 27.7 Å². The van der Waals surface area contributed by atoms with Crippen LogP contribution in [0.2, 0.25) is 0 Å². The first kappa shape index (κ1) is 18.4. The fourth-order valence-corrected chi connectivity index (χ4v) is 2.81. The molecule has 0 aliphatic carbocycles. The molecular weight excluding hydrogens is 340 g/mol. The first-order valence-corrected chi connectivity index (χ1v) is 8.60. The zero-order valence-electron chi connectivity index (χ0n) is 15.7. The molecule has 1 N–H and O–H groups in total. The molecule has 136 valence electrons. The smallest absolute Gasteiger partial charge is 0.301 e. The third-order valence-electron chi connectivity index (χ3n) is 4.09. The highest BCUT2D eigenvalue weighted by molar-refractivity contribution is 5.96. The van der Waals surface area contributed by atoms with Gasteiger partial charge in [0.25, 0.3) is 5.56 Å². The molecule has 0 unspecified atom stereocenters. The molecule has 0 spiro atoms. The third kappa shape index (κ3) is 3.90. The zero-order chi connectivity index (χ0) is 19.8. The van der Waals surface area contributed by atoms with Gasteiger partial charge in [-0.25, -0.2) is 0 Å². The first-order valence-electron chi connectivity index (χ1n) is 8.60. The fourth-order valence-electron chi connectivity index (χ4n) is 2.81. The van der Waals surface area contributed by atoms with Crippen LogP contribution in [-0.2, 0) is 0 Å². The predicted octanol–water partition coefficient (Wildman–Crippen LogP) is 4.81. The van der Waals surface area contributed by atoms with Crippen molar-refractivity contribution in [3.63, 3.8) is 0 Å². The van der Waals surface area contributed by atoms with Gasteiger partial charge in [0.1, 0.15) is 5.69 Å². The normalized spacial score (nSPS) is 11.1. The lowest BCUT2D eigenvalue weighted by atomic mass is 9.97. The molecular formula is C22H20N2O3. The Bertz CT molecular complexity index is 1150. The van der Waals surface area contributed by atoms with E-state index >= 15 is 0 Å². The van der Waals surface area contributed by atoms with E-state index in [0.29, 0.717) is 16.3 Å². The Morgan fingerprint density at radius 3 is 2.30 bits per heavy atom. The Balaban J connectivity index is 2.18. The minimum Gasteiger partial charge on any atom is -0.316 e. The number of fused-ring (bicyclic) bond motifs is 1. The number of aromatic nitrogens is 1. The van der Waals surface area contributed by atoms with Crippen molar-refractivity contribution in [1.29, 1.82) is 0 Å². The van der Waals surface area contributed by atoms with Gasteiger partial charge in [0.15, 0.2) is 0 Å². The van der Waals surface area contributed by atoms with E-state index in [1.807, 2.05) is 27.7 Å². The Labute approximate surface area is 157 Å². The second-order valence-corrected chi connectivity index (χ2v) is 7.56. The lowest BCUT2D eigenvalue weighted by molar-refractivity contribution is -0.382. The summed E-state index contributed by atoms with van der Waals surface area (Å²) in [5, 5.41) is 12.4. The van der Waals surface area contributed by atoms with Crippen LogP contribution in [0.4, 0.5) is 5.69 Å². The van der Waals surface area contributed by atoms with E-state index in [4.69, 9.17) is 0 Å². The van der Waals surface area contributed by atoms with E-state index in [1.165, 1.54) is 0 Å². The summed E-state index contributed by atoms with van der Waals surface area (Å²) in [6.07, 6.45) is 0. The second kappa shape index (κ2) is 6.73. The number of pyridine rings is 1. The van der Waals surface area contributed by atoms with Crippen LogP contribution in [0, 0.1) is 34.3 Å². The lowest BCUT2D eigenvalue weighted by Gasteiger charge is -2.08. The topological polar surface area (TPSA) is 76.0 Å². The number of H-pyrrole nitrogens is 1. The highest BCUT2D eigenvalue weighted by Gasteiger charge is 2.22. The molecule has 0 saturated heterocycles. The molecule has 0 aliphatic heterocycles. The summed E-state index contributed by atoms with van der Waals surface area (Å²) in [5.41, 5.74) is 1.91. The van der Waals surface area contributed by atoms with Gasteiger partial charge in [0.2, 0.25) is 0 Å². The van der Waals surface area contributed by atoms with Crippen LogP contribution in [0.1, 0.15) is 31.9 Å². The van der Waals surface area contributed by atoms with E-state index in [0.717, 1.165) is 11.1 Å². The molecule has 0 bridgehead atoms. The summed E-state index contributed by atoms with van der Waals surface area (Å²) in [6, 6.07) is 12.1. The maximum absolute atomic E-state index is 12.5. The number of aryl methyl sites for hydroxylation is 1.